The van der Waals surface area contributed by atoms with E-state index in [1.165, 1.54) is 0 Å². The molecule has 6 nitrogen and oxygen atoms in total. The molecular weight excluding hydrogens is 467 g/mol. The molecule has 1 aromatic carbocycles. The Labute approximate surface area is 185 Å². The summed E-state index contributed by atoms with van der Waals surface area (Å²) < 4.78 is 5.70. The van der Waals surface area contributed by atoms with Crippen molar-refractivity contribution in [3.8, 4) is 0 Å². The van der Waals surface area contributed by atoms with E-state index in [-0.39, 0.29) is 40.9 Å². The minimum atomic E-state index is -0.105. The summed E-state index contributed by atoms with van der Waals surface area (Å²) >= 11 is 0. The molecule has 0 aromatic heterocycles. The second-order valence-corrected chi connectivity index (χ2v) is 8.30. The second kappa shape index (κ2) is 8.98. The fourth-order valence-electron chi connectivity index (χ4n) is 3.98. The summed E-state index contributed by atoms with van der Waals surface area (Å²) in [5, 5.41) is 6.90. The summed E-state index contributed by atoms with van der Waals surface area (Å²) in [6.45, 7) is 8.12. The van der Waals surface area contributed by atoms with Gasteiger partial charge in [-0.3, -0.25) is 9.79 Å². The van der Waals surface area contributed by atoms with Gasteiger partial charge in [-0.15, -0.1) is 24.0 Å². The van der Waals surface area contributed by atoms with Crippen LogP contribution >= 0.6 is 24.0 Å². The van der Waals surface area contributed by atoms with Gasteiger partial charge in [0.05, 0.1) is 5.60 Å². The first kappa shape index (κ1) is 22.9. The minimum Gasteiger partial charge on any atom is -0.378 e. The fourth-order valence-corrected chi connectivity index (χ4v) is 3.98. The van der Waals surface area contributed by atoms with Crippen LogP contribution in [0.5, 0.6) is 0 Å². The zero-order valence-electron chi connectivity index (χ0n) is 17.5. The Hall–Kier alpha value is -1.35. The highest BCUT2D eigenvalue weighted by atomic mass is 127. The zero-order chi connectivity index (χ0) is 19.7. The van der Waals surface area contributed by atoms with Crippen molar-refractivity contribution in [1.29, 1.82) is 0 Å². The van der Waals surface area contributed by atoms with Crippen molar-refractivity contribution < 1.29 is 9.53 Å². The van der Waals surface area contributed by atoms with Gasteiger partial charge >= 0.3 is 0 Å². The molecule has 2 atom stereocenters. The molecule has 2 unspecified atom stereocenters. The van der Waals surface area contributed by atoms with Crippen LogP contribution in [-0.2, 0) is 16.1 Å². The van der Waals surface area contributed by atoms with Crippen molar-refractivity contribution in [2.75, 3.05) is 25.6 Å². The summed E-state index contributed by atoms with van der Waals surface area (Å²) in [5.74, 6) is 1.02. The van der Waals surface area contributed by atoms with Gasteiger partial charge in [-0.2, -0.15) is 0 Å². The van der Waals surface area contributed by atoms with E-state index in [1.807, 2.05) is 17.0 Å². The lowest BCUT2D eigenvalue weighted by Crippen LogP contribution is -2.69. The number of benzene rings is 1. The Balaban J connectivity index is 0.00000280. The Kier molecular flexibility index (Phi) is 7.36. The van der Waals surface area contributed by atoms with Crippen LogP contribution in [0.25, 0.3) is 0 Å². The molecule has 156 valence electrons. The summed E-state index contributed by atoms with van der Waals surface area (Å²) in [7, 11) is 3.57. The van der Waals surface area contributed by atoms with Crippen molar-refractivity contribution in [1.82, 2.24) is 10.6 Å². The van der Waals surface area contributed by atoms with Gasteiger partial charge in [-0.25, -0.2) is 0 Å². The van der Waals surface area contributed by atoms with E-state index in [4.69, 9.17) is 4.74 Å². The van der Waals surface area contributed by atoms with Crippen LogP contribution in [0.3, 0.4) is 0 Å². The Morgan fingerprint density at radius 3 is 2.46 bits per heavy atom. The molecule has 0 bridgehead atoms. The highest BCUT2D eigenvalue weighted by molar-refractivity contribution is 14.0. The van der Waals surface area contributed by atoms with E-state index < -0.39 is 0 Å². The molecule has 1 aliphatic heterocycles. The highest BCUT2D eigenvalue weighted by Crippen LogP contribution is 2.51. The lowest BCUT2D eigenvalue weighted by atomic mass is 9.56. The molecule has 1 aliphatic carbocycles. The average Bonchev–Trinajstić information content (AvgIpc) is 3.10. The van der Waals surface area contributed by atoms with Gasteiger partial charge in [-0.1, -0.05) is 26.0 Å². The van der Waals surface area contributed by atoms with E-state index in [2.05, 4.69) is 48.5 Å². The quantitative estimate of drug-likeness (QED) is 0.370. The third-order valence-corrected chi connectivity index (χ3v) is 6.59. The molecule has 2 aliphatic rings. The van der Waals surface area contributed by atoms with Gasteiger partial charge in [0.15, 0.2) is 5.96 Å². The highest BCUT2D eigenvalue weighted by Gasteiger charge is 2.58. The Bertz CT molecular complexity index is 720. The largest absolute Gasteiger partial charge is 0.378 e. The van der Waals surface area contributed by atoms with E-state index in [1.54, 1.807) is 14.2 Å². The SMILES string of the molecule is CN=C(NCc1ccc(N2CCCC2=O)cc1)NC1CC(C)(OC)C1(C)C.I. The molecule has 0 radical (unpaired) electrons. The lowest BCUT2D eigenvalue weighted by molar-refractivity contribution is -0.176. The number of nitrogens with zero attached hydrogens (tertiary/aromatic N) is 2. The van der Waals surface area contributed by atoms with Crippen LogP contribution < -0.4 is 15.5 Å². The van der Waals surface area contributed by atoms with Crippen LogP contribution in [0.4, 0.5) is 5.69 Å². The van der Waals surface area contributed by atoms with Gasteiger partial charge in [-0.05, 0) is 37.5 Å². The Morgan fingerprint density at radius 1 is 1.29 bits per heavy atom. The number of methoxy groups -OCH3 is 1. The monoisotopic (exact) mass is 500 g/mol. The molecule has 3 rings (SSSR count). The molecular formula is C21H33IN4O2. The topological polar surface area (TPSA) is 66.0 Å². The van der Waals surface area contributed by atoms with Crippen LogP contribution in [0, 0.1) is 5.41 Å². The number of hydrogen-bond acceptors (Lipinski definition) is 3. The molecule has 1 amide bonds. The van der Waals surface area contributed by atoms with E-state index in [0.717, 1.165) is 36.6 Å². The van der Waals surface area contributed by atoms with Crippen molar-refractivity contribution in [3.63, 3.8) is 0 Å². The predicted octanol–water partition coefficient (Wildman–Crippen LogP) is 3.30. The summed E-state index contributed by atoms with van der Waals surface area (Å²) in [4.78, 5) is 18.1. The van der Waals surface area contributed by atoms with E-state index >= 15 is 0 Å². The van der Waals surface area contributed by atoms with Gasteiger partial charge in [0.25, 0.3) is 0 Å². The molecule has 1 saturated carbocycles. The number of halogens is 1. The standard InChI is InChI=1S/C21H32N4O2.HI/c1-20(2)17(13-21(20,3)27-5)24-19(22-4)23-14-15-8-10-16(11-9-15)25-12-6-7-18(25)26;/h8-11,17H,6-7,12-14H2,1-5H3,(H2,22,23,24);1H. The summed E-state index contributed by atoms with van der Waals surface area (Å²) in [5.41, 5.74) is 2.07. The Morgan fingerprint density at radius 2 is 1.96 bits per heavy atom. The normalized spacial score (nSPS) is 26.5. The first-order chi connectivity index (χ1) is 12.8. The molecule has 2 N–H and O–H groups in total. The first-order valence-electron chi connectivity index (χ1n) is 9.72. The van der Waals surface area contributed by atoms with Crippen molar-refractivity contribution >= 4 is 41.5 Å². The summed E-state index contributed by atoms with van der Waals surface area (Å²) in [6.07, 6.45) is 2.56. The number of nitrogens with one attached hydrogen (secondary N) is 2. The molecule has 1 saturated heterocycles. The van der Waals surface area contributed by atoms with Crippen LogP contribution in [0.2, 0.25) is 0 Å². The zero-order valence-corrected chi connectivity index (χ0v) is 19.9. The maximum absolute atomic E-state index is 11.9. The van der Waals surface area contributed by atoms with E-state index in [0.29, 0.717) is 19.0 Å². The smallest absolute Gasteiger partial charge is 0.227 e. The van der Waals surface area contributed by atoms with Gasteiger partial charge in [0, 0.05) is 50.8 Å². The molecule has 2 fully saturated rings. The van der Waals surface area contributed by atoms with Gasteiger partial charge in [0.1, 0.15) is 0 Å². The van der Waals surface area contributed by atoms with Crippen molar-refractivity contribution in [3.05, 3.63) is 29.8 Å². The van der Waals surface area contributed by atoms with E-state index in [9.17, 15) is 4.79 Å². The maximum atomic E-state index is 11.9. The average molecular weight is 500 g/mol. The second-order valence-electron chi connectivity index (χ2n) is 8.30. The number of guanidine groups is 1. The molecule has 1 aromatic rings. The van der Waals surface area contributed by atoms with Crippen molar-refractivity contribution in [2.24, 2.45) is 10.4 Å². The number of carbonyl (C=O) groups is 1. The minimum absolute atomic E-state index is 0. The number of anilines is 1. The van der Waals surface area contributed by atoms with Crippen LogP contribution in [0.1, 0.15) is 45.6 Å². The number of ether oxygens (including phenoxy) is 1. The number of aliphatic imine (C=N–C) groups is 1. The van der Waals surface area contributed by atoms with Crippen LogP contribution in [-0.4, -0.2) is 44.2 Å². The van der Waals surface area contributed by atoms with Gasteiger partial charge in [0.2, 0.25) is 5.91 Å². The number of carbonyl (C=O) groups excluding carboxylic acids is 1. The predicted molar refractivity (Wildman–Crippen MR) is 124 cm³/mol. The molecule has 1 heterocycles. The van der Waals surface area contributed by atoms with Gasteiger partial charge < -0.3 is 20.3 Å². The first-order valence-corrected chi connectivity index (χ1v) is 9.72. The third kappa shape index (κ3) is 4.30. The van der Waals surface area contributed by atoms with Crippen molar-refractivity contribution in [2.45, 2.75) is 58.2 Å². The van der Waals surface area contributed by atoms with Crippen LogP contribution in [0.15, 0.2) is 29.3 Å². The number of rotatable bonds is 5. The number of hydrogen-bond donors (Lipinski definition) is 2. The summed E-state index contributed by atoms with van der Waals surface area (Å²) in [6, 6.07) is 8.50. The number of amides is 1. The molecule has 7 heteroatoms. The maximum Gasteiger partial charge on any atom is 0.227 e. The fraction of sp³-hybridized carbons (Fsp3) is 0.619. The lowest BCUT2D eigenvalue weighted by Gasteiger charge is -2.59. The third-order valence-electron chi connectivity index (χ3n) is 6.59. The molecule has 28 heavy (non-hydrogen) atoms. The molecule has 0 spiro atoms.